The smallest absolute Gasteiger partial charge is 0.269 e. The van der Waals surface area contributed by atoms with E-state index >= 15 is 0 Å². The molecule has 2 rings (SSSR count). The van der Waals surface area contributed by atoms with Crippen LogP contribution in [0.5, 0.6) is 0 Å². The first-order valence-corrected chi connectivity index (χ1v) is 10.1. The topological polar surface area (TPSA) is 88.2 Å². The number of rotatable bonds is 9. The Labute approximate surface area is 166 Å². The molecule has 1 aliphatic heterocycles. The molecule has 0 aromatic heterocycles. The van der Waals surface area contributed by atoms with Crippen molar-refractivity contribution in [2.24, 2.45) is 0 Å². The first-order valence-electron chi connectivity index (χ1n) is 10.1. The van der Waals surface area contributed by atoms with Gasteiger partial charge in [0.1, 0.15) is 6.54 Å². The lowest BCUT2D eigenvalue weighted by atomic mass is 10.1. The number of nitro benzene ring substituents is 1. The number of hydrogen-bond acceptors (Lipinski definition) is 4. The molecule has 1 aliphatic rings. The van der Waals surface area contributed by atoms with Crippen LogP contribution >= 0.6 is 0 Å². The Morgan fingerprint density at radius 3 is 2.25 bits per heavy atom. The van der Waals surface area contributed by atoms with Crippen LogP contribution in [0.3, 0.4) is 0 Å². The van der Waals surface area contributed by atoms with E-state index in [0.717, 1.165) is 52.0 Å². The number of likely N-dealkylation sites (N-methyl/N-ethyl adjacent to an activating group) is 1. The van der Waals surface area contributed by atoms with E-state index in [1.165, 1.54) is 29.2 Å². The highest BCUT2D eigenvalue weighted by Gasteiger charge is 2.24. The molecule has 1 fully saturated rings. The van der Waals surface area contributed by atoms with Gasteiger partial charge in [0.25, 0.3) is 11.6 Å². The lowest BCUT2D eigenvalue weighted by Gasteiger charge is -2.30. The van der Waals surface area contributed by atoms with Crippen LogP contribution < -0.4 is 4.90 Å². The van der Waals surface area contributed by atoms with Gasteiger partial charge in [0.15, 0.2) is 0 Å². The lowest BCUT2D eigenvalue weighted by Crippen LogP contribution is -3.12. The van der Waals surface area contributed by atoms with E-state index in [0.29, 0.717) is 12.1 Å². The summed E-state index contributed by atoms with van der Waals surface area (Å²) in [5, 5.41) is 10.8. The Bertz CT molecular complexity index is 667. The number of non-ortho nitro benzene ring substituents is 1. The second-order valence-corrected chi connectivity index (χ2v) is 7.18. The molecule has 1 saturated heterocycles. The number of nitrogens with one attached hydrogen (secondary N) is 1. The van der Waals surface area contributed by atoms with Crippen LogP contribution in [0.4, 0.5) is 5.69 Å². The minimum Gasteiger partial charge on any atom is -0.341 e. The summed E-state index contributed by atoms with van der Waals surface area (Å²) in [6.07, 6.45) is 3.15. The molecule has 1 aromatic rings. The second kappa shape index (κ2) is 10.8. The van der Waals surface area contributed by atoms with Gasteiger partial charge in [-0.1, -0.05) is 0 Å². The zero-order chi connectivity index (χ0) is 20.5. The molecule has 1 heterocycles. The van der Waals surface area contributed by atoms with Crippen molar-refractivity contribution >= 4 is 17.5 Å². The van der Waals surface area contributed by atoms with E-state index < -0.39 is 4.92 Å². The Morgan fingerprint density at radius 1 is 1.11 bits per heavy atom. The predicted octanol–water partition coefficient (Wildman–Crippen LogP) is 0.974. The van der Waals surface area contributed by atoms with Crippen molar-refractivity contribution in [2.45, 2.75) is 33.1 Å². The molecule has 8 heteroatoms. The normalized spacial score (nSPS) is 14.2. The van der Waals surface area contributed by atoms with Crippen molar-refractivity contribution in [3.63, 3.8) is 0 Å². The van der Waals surface area contributed by atoms with Crippen molar-refractivity contribution in [3.05, 3.63) is 39.9 Å². The van der Waals surface area contributed by atoms with Gasteiger partial charge in [-0.15, -0.1) is 0 Å². The number of hydrogen-bond donors (Lipinski definition) is 1. The summed E-state index contributed by atoms with van der Waals surface area (Å²) >= 11 is 0. The minimum atomic E-state index is -0.490. The average Bonchev–Trinajstić information content (AvgIpc) is 2.73. The van der Waals surface area contributed by atoms with Gasteiger partial charge in [-0.05, 0) is 45.2 Å². The number of piperidine rings is 1. The summed E-state index contributed by atoms with van der Waals surface area (Å²) < 4.78 is 0. The third kappa shape index (κ3) is 6.02. The SMILES string of the molecule is CC[NH+](CC)CCN(CC(=O)N1CCCCC1)C(=O)c1ccc([N+](=O)[O-])cc1. The Morgan fingerprint density at radius 2 is 1.71 bits per heavy atom. The fourth-order valence-corrected chi connectivity index (χ4v) is 3.46. The van der Waals surface area contributed by atoms with Crippen LogP contribution in [-0.4, -0.2) is 72.4 Å². The highest BCUT2D eigenvalue weighted by Crippen LogP contribution is 2.14. The molecule has 1 aromatic carbocycles. The molecular formula is C20H31N4O4+. The zero-order valence-corrected chi connectivity index (χ0v) is 16.9. The quantitative estimate of drug-likeness (QED) is 0.502. The molecule has 0 spiro atoms. The maximum atomic E-state index is 13.0. The third-order valence-corrected chi connectivity index (χ3v) is 5.38. The molecule has 0 aliphatic carbocycles. The monoisotopic (exact) mass is 391 g/mol. The van der Waals surface area contributed by atoms with Crippen molar-refractivity contribution in [3.8, 4) is 0 Å². The van der Waals surface area contributed by atoms with E-state index in [1.807, 2.05) is 4.90 Å². The lowest BCUT2D eigenvalue weighted by molar-refractivity contribution is -0.895. The van der Waals surface area contributed by atoms with Gasteiger partial charge in [-0.25, -0.2) is 0 Å². The summed E-state index contributed by atoms with van der Waals surface area (Å²) in [4.78, 5) is 40.8. The molecule has 154 valence electrons. The summed E-state index contributed by atoms with van der Waals surface area (Å²) in [7, 11) is 0. The summed E-state index contributed by atoms with van der Waals surface area (Å²) in [6, 6.07) is 5.58. The molecule has 8 nitrogen and oxygen atoms in total. The number of benzene rings is 1. The zero-order valence-electron chi connectivity index (χ0n) is 16.9. The predicted molar refractivity (Wildman–Crippen MR) is 106 cm³/mol. The summed E-state index contributed by atoms with van der Waals surface area (Å²) in [6.45, 7) is 8.90. The minimum absolute atomic E-state index is 0.0236. The fraction of sp³-hybridized carbons (Fsp3) is 0.600. The molecule has 0 saturated carbocycles. The van der Waals surface area contributed by atoms with E-state index in [4.69, 9.17) is 0 Å². The largest absolute Gasteiger partial charge is 0.341 e. The number of likely N-dealkylation sites (tertiary alicyclic amines) is 1. The van der Waals surface area contributed by atoms with Crippen molar-refractivity contribution < 1.29 is 19.4 Å². The Hall–Kier alpha value is -2.48. The van der Waals surface area contributed by atoms with Crippen molar-refractivity contribution in [2.75, 3.05) is 45.8 Å². The van der Waals surface area contributed by atoms with Gasteiger partial charge in [-0.3, -0.25) is 19.7 Å². The number of carbonyl (C=O) groups is 2. The van der Waals surface area contributed by atoms with Gasteiger partial charge in [-0.2, -0.15) is 0 Å². The van der Waals surface area contributed by atoms with Crippen LogP contribution in [0.15, 0.2) is 24.3 Å². The van der Waals surface area contributed by atoms with Gasteiger partial charge in [0, 0.05) is 30.8 Å². The number of carbonyl (C=O) groups excluding carboxylic acids is 2. The van der Waals surface area contributed by atoms with E-state index in [2.05, 4.69) is 13.8 Å². The van der Waals surface area contributed by atoms with Gasteiger partial charge in [0.05, 0.1) is 31.1 Å². The molecule has 0 bridgehead atoms. The van der Waals surface area contributed by atoms with E-state index in [1.54, 1.807) is 4.90 Å². The van der Waals surface area contributed by atoms with Gasteiger partial charge >= 0.3 is 0 Å². The first-order chi connectivity index (χ1) is 13.5. The van der Waals surface area contributed by atoms with Crippen LogP contribution in [0.25, 0.3) is 0 Å². The summed E-state index contributed by atoms with van der Waals surface area (Å²) in [5.41, 5.74) is 0.312. The van der Waals surface area contributed by atoms with E-state index in [-0.39, 0.29) is 24.0 Å². The Balaban J connectivity index is 2.11. The molecule has 0 unspecified atom stereocenters. The van der Waals surface area contributed by atoms with E-state index in [9.17, 15) is 19.7 Å². The maximum Gasteiger partial charge on any atom is 0.269 e. The van der Waals surface area contributed by atoms with Crippen LogP contribution in [0.2, 0.25) is 0 Å². The number of nitro groups is 1. The number of quaternary nitrogens is 1. The molecule has 0 radical (unpaired) electrons. The molecule has 1 N–H and O–H groups in total. The molecular weight excluding hydrogens is 360 g/mol. The highest BCUT2D eigenvalue weighted by molar-refractivity contribution is 5.96. The maximum absolute atomic E-state index is 13.0. The number of nitrogens with zero attached hydrogens (tertiary/aromatic N) is 3. The van der Waals surface area contributed by atoms with Crippen molar-refractivity contribution in [1.29, 1.82) is 0 Å². The van der Waals surface area contributed by atoms with Crippen molar-refractivity contribution in [1.82, 2.24) is 9.80 Å². The summed E-state index contributed by atoms with van der Waals surface area (Å²) in [5.74, 6) is -0.281. The molecule has 2 amide bonds. The van der Waals surface area contributed by atoms with Crippen LogP contribution in [0.1, 0.15) is 43.5 Å². The highest BCUT2D eigenvalue weighted by atomic mass is 16.6. The van der Waals surface area contributed by atoms with Crippen LogP contribution in [0, 0.1) is 10.1 Å². The molecule has 0 atom stereocenters. The third-order valence-electron chi connectivity index (χ3n) is 5.38. The van der Waals surface area contributed by atoms with Crippen LogP contribution in [-0.2, 0) is 4.79 Å². The van der Waals surface area contributed by atoms with Gasteiger partial charge in [0.2, 0.25) is 5.91 Å². The average molecular weight is 391 g/mol. The standard InChI is InChI=1S/C20H30N4O4/c1-3-21(4-2)14-15-23(16-19(25)22-12-6-5-7-13-22)20(26)17-8-10-18(11-9-17)24(27)28/h8-11H,3-7,12-16H2,1-2H3/p+1. The molecule has 28 heavy (non-hydrogen) atoms. The fourth-order valence-electron chi connectivity index (χ4n) is 3.46. The number of amides is 2. The first kappa shape index (κ1) is 21.8. The second-order valence-electron chi connectivity index (χ2n) is 7.18. The Kier molecular flexibility index (Phi) is 8.38. The van der Waals surface area contributed by atoms with Gasteiger partial charge < -0.3 is 14.7 Å².